The molecule has 1 aromatic heterocycles. The van der Waals surface area contributed by atoms with Gasteiger partial charge in [-0.15, -0.1) is 0 Å². The third-order valence-electron chi connectivity index (χ3n) is 2.98. The van der Waals surface area contributed by atoms with Crippen LogP contribution in [0.2, 0.25) is 0 Å². The number of unbranched alkanes of at least 4 members (excludes halogenated alkanes) is 4. The predicted molar refractivity (Wildman–Crippen MR) is 78.0 cm³/mol. The van der Waals surface area contributed by atoms with Crippen LogP contribution in [0.1, 0.15) is 51.6 Å². The Balaban J connectivity index is 2.62. The molecule has 2 N–H and O–H groups in total. The standard InChI is InChI=1S/C14H22N2O2S/c1-3-4-5-6-7-8-12(2)14-10-9-13(11-16-14)19(15,17)18/h8-11H,3-7H2,1-2H3,(H2,15,17,18)/b12-8-. The summed E-state index contributed by atoms with van der Waals surface area (Å²) in [5, 5.41) is 5.03. The van der Waals surface area contributed by atoms with Crippen molar-refractivity contribution in [1.29, 1.82) is 0 Å². The average molecular weight is 282 g/mol. The monoisotopic (exact) mass is 282 g/mol. The zero-order valence-electron chi connectivity index (χ0n) is 11.6. The van der Waals surface area contributed by atoms with Crippen molar-refractivity contribution >= 4 is 15.6 Å². The molecule has 0 amide bonds. The number of hydrogen-bond donors (Lipinski definition) is 1. The first-order chi connectivity index (χ1) is 8.95. The fraction of sp³-hybridized carbons (Fsp3) is 0.500. The SMILES string of the molecule is CCCCCC/C=C(/C)c1ccc(S(N)(=O)=O)cn1. The summed E-state index contributed by atoms with van der Waals surface area (Å²) >= 11 is 0. The van der Waals surface area contributed by atoms with Crippen LogP contribution in [0, 0.1) is 0 Å². The van der Waals surface area contributed by atoms with Crippen molar-refractivity contribution < 1.29 is 8.42 Å². The molecule has 4 nitrogen and oxygen atoms in total. The van der Waals surface area contributed by atoms with Gasteiger partial charge in [0.05, 0.1) is 5.69 Å². The number of allylic oxidation sites excluding steroid dienone is 2. The summed E-state index contributed by atoms with van der Waals surface area (Å²) in [7, 11) is -3.65. The van der Waals surface area contributed by atoms with Gasteiger partial charge < -0.3 is 0 Å². The van der Waals surface area contributed by atoms with Crippen molar-refractivity contribution in [1.82, 2.24) is 4.98 Å². The topological polar surface area (TPSA) is 73.1 Å². The molecular weight excluding hydrogens is 260 g/mol. The summed E-state index contributed by atoms with van der Waals surface area (Å²) in [5.41, 5.74) is 1.86. The lowest BCUT2D eigenvalue weighted by Gasteiger charge is -2.03. The highest BCUT2D eigenvalue weighted by Gasteiger charge is 2.07. The van der Waals surface area contributed by atoms with Crippen molar-refractivity contribution in [2.24, 2.45) is 5.14 Å². The number of aromatic nitrogens is 1. The van der Waals surface area contributed by atoms with Gasteiger partial charge in [0.25, 0.3) is 0 Å². The van der Waals surface area contributed by atoms with E-state index in [1.807, 2.05) is 6.92 Å². The molecule has 0 saturated carbocycles. The fourth-order valence-corrected chi connectivity index (χ4v) is 2.23. The van der Waals surface area contributed by atoms with Gasteiger partial charge in [-0.25, -0.2) is 13.6 Å². The molecule has 5 heteroatoms. The number of nitrogens with two attached hydrogens (primary N) is 1. The van der Waals surface area contributed by atoms with Crippen LogP contribution in [-0.2, 0) is 10.0 Å². The van der Waals surface area contributed by atoms with Crippen molar-refractivity contribution in [3.8, 4) is 0 Å². The molecule has 0 radical (unpaired) electrons. The van der Waals surface area contributed by atoms with E-state index in [1.54, 1.807) is 6.07 Å². The third-order valence-corrected chi connectivity index (χ3v) is 3.88. The molecular formula is C14H22N2O2S. The summed E-state index contributed by atoms with van der Waals surface area (Å²) in [6.45, 7) is 4.18. The second-order valence-corrected chi connectivity index (χ2v) is 6.22. The van der Waals surface area contributed by atoms with E-state index in [4.69, 9.17) is 5.14 Å². The molecule has 0 bridgehead atoms. The Hall–Kier alpha value is -1.20. The summed E-state index contributed by atoms with van der Waals surface area (Å²) in [4.78, 5) is 4.18. The Labute approximate surface area is 115 Å². The van der Waals surface area contributed by atoms with Gasteiger partial charge in [0, 0.05) is 6.20 Å². The molecule has 0 fully saturated rings. The largest absolute Gasteiger partial charge is 0.255 e. The lowest BCUT2D eigenvalue weighted by Crippen LogP contribution is -2.12. The molecule has 1 rings (SSSR count). The zero-order chi connectivity index (χ0) is 14.3. The highest BCUT2D eigenvalue weighted by molar-refractivity contribution is 7.89. The van der Waals surface area contributed by atoms with E-state index in [9.17, 15) is 8.42 Å². The minimum atomic E-state index is -3.65. The van der Waals surface area contributed by atoms with Gasteiger partial charge in [-0.2, -0.15) is 0 Å². The molecule has 1 aromatic rings. The van der Waals surface area contributed by atoms with Gasteiger partial charge in [-0.3, -0.25) is 4.98 Å². The van der Waals surface area contributed by atoms with E-state index in [1.165, 1.54) is 37.9 Å². The predicted octanol–water partition coefficient (Wildman–Crippen LogP) is 3.10. The normalized spacial score (nSPS) is 12.7. The maximum Gasteiger partial charge on any atom is 0.239 e. The summed E-state index contributed by atoms with van der Waals surface area (Å²) in [5.74, 6) is 0. The Kier molecular flexibility index (Phi) is 6.18. The smallest absolute Gasteiger partial charge is 0.239 e. The van der Waals surface area contributed by atoms with E-state index >= 15 is 0 Å². The number of nitrogens with zero attached hydrogens (tertiary/aromatic N) is 1. The first kappa shape index (κ1) is 15.9. The van der Waals surface area contributed by atoms with Gasteiger partial charge in [0.15, 0.2) is 0 Å². The van der Waals surface area contributed by atoms with Gasteiger partial charge >= 0.3 is 0 Å². The van der Waals surface area contributed by atoms with E-state index in [0.29, 0.717) is 0 Å². The van der Waals surface area contributed by atoms with Gasteiger partial charge in [-0.1, -0.05) is 32.3 Å². The van der Waals surface area contributed by atoms with Crippen LogP contribution in [0.15, 0.2) is 29.3 Å². The van der Waals surface area contributed by atoms with Crippen LogP contribution in [-0.4, -0.2) is 13.4 Å². The molecule has 0 aliphatic carbocycles. The molecule has 0 aromatic carbocycles. The molecule has 0 spiro atoms. The summed E-state index contributed by atoms with van der Waals surface area (Å²) < 4.78 is 22.2. The minimum absolute atomic E-state index is 0.0481. The van der Waals surface area contributed by atoms with E-state index in [2.05, 4.69) is 18.0 Å². The number of hydrogen-bond acceptors (Lipinski definition) is 3. The molecule has 1 heterocycles. The number of sulfonamides is 1. The lowest BCUT2D eigenvalue weighted by molar-refractivity contribution is 0.597. The Morgan fingerprint density at radius 2 is 2.05 bits per heavy atom. The van der Waals surface area contributed by atoms with Crippen molar-refractivity contribution in [3.05, 3.63) is 30.1 Å². The minimum Gasteiger partial charge on any atom is -0.255 e. The van der Waals surface area contributed by atoms with E-state index < -0.39 is 10.0 Å². The maximum atomic E-state index is 11.1. The van der Waals surface area contributed by atoms with Crippen LogP contribution in [0.4, 0.5) is 0 Å². The quantitative estimate of drug-likeness (QED) is 0.781. The van der Waals surface area contributed by atoms with Gasteiger partial charge in [0.1, 0.15) is 4.90 Å². The highest BCUT2D eigenvalue weighted by atomic mass is 32.2. The zero-order valence-corrected chi connectivity index (χ0v) is 12.4. The first-order valence-electron chi connectivity index (χ1n) is 6.61. The van der Waals surface area contributed by atoms with Gasteiger partial charge in [0.2, 0.25) is 10.0 Å². The van der Waals surface area contributed by atoms with Crippen LogP contribution in [0.25, 0.3) is 5.57 Å². The fourth-order valence-electron chi connectivity index (χ4n) is 1.78. The Morgan fingerprint density at radius 1 is 1.32 bits per heavy atom. The van der Waals surface area contributed by atoms with Gasteiger partial charge in [-0.05, 0) is 37.5 Å². The second-order valence-electron chi connectivity index (χ2n) is 4.66. The molecule has 0 aliphatic heterocycles. The third kappa shape index (κ3) is 5.53. The molecule has 19 heavy (non-hydrogen) atoms. The number of rotatable bonds is 7. The Morgan fingerprint density at radius 3 is 2.58 bits per heavy atom. The van der Waals surface area contributed by atoms with E-state index in [-0.39, 0.29) is 4.90 Å². The second kappa shape index (κ2) is 7.40. The van der Waals surface area contributed by atoms with E-state index in [0.717, 1.165) is 17.7 Å². The first-order valence-corrected chi connectivity index (χ1v) is 8.15. The van der Waals surface area contributed by atoms with Crippen LogP contribution < -0.4 is 5.14 Å². The highest BCUT2D eigenvalue weighted by Crippen LogP contribution is 2.15. The molecule has 0 aliphatic rings. The average Bonchev–Trinajstić information content (AvgIpc) is 2.37. The summed E-state index contributed by atoms with van der Waals surface area (Å²) in [6.07, 6.45) is 9.42. The maximum absolute atomic E-state index is 11.1. The van der Waals surface area contributed by atoms with Crippen molar-refractivity contribution in [2.75, 3.05) is 0 Å². The van der Waals surface area contributed by atoms with Crippen LogP contribution >= 0.6 is 0 Å². The van der Waals surface area contributed by atoms with Crippen molar-refractivity contribution in [2.45, 2.75) is 50.8 Å². The molecule has 0 unspecified atom stereocenters. The molecule has 0 saturated heterocycles. The number of pyridine rings is 1. The van der Waals surface area contributed by atoms with Crippen LogP contribution in [0.5, 0.6) is 0 Å². The van der Waals surface area contributed by atoms with Crippen molar-refractivity contribution in [3.63, 3.8) is 0 Å². The number of primary sulfonamides is 1. The molecule has 106 valence electrons. The molecule has 0 atom stereocenters. The van der Waals surface area contributed by atoms with Crippen LogP contribution in [0.3, 0.4) is 0 Å². The summed E-state index contributed by atoms with van der Waals surface area (Å²) in [6, 6.07) is 3.18. The Bertz CT molecular complexity index is 519. The lowest BCUT2D eigenvalue weighted by atomic mass is 10.1.